The zero-order valence-corrected chi connectivity index (χ0v) is 11.4. The third-order valence-electron chi connectivity index (χ3n) is 3.08. The molecule has 4 nitrogen and oxygen atoms in total. The number of amides is 1. The standard InChI is InChI=1S/C12H22ClNO3/c1-3-10(4-2)14(6-5-13)12(15)11-9-16-7-8-17-11/h10-11H,3-9H2,1-2H3. The molecular weight excluding hydrogens is 242 g/mol. The predicted octanol–water partition coefficient (Wildman–Crippen LogP) is 1.66. The third-order valence-corrected chi connectivity index (χ3v) is 3.25. The molecule has 0 aromatic rings. The fourth-order valence-corrected chi connectivity index (χ4v) is 2.29. The summed E-state index contributed by atoms with van der Waals surface area (Å²) >= 11 is 5.77. The Morgan fingerprint density at radius 3 is 2.59 bits per heavy atom. The molecule has 0 aliphatic carbocycles. The van der Waals surface area contributed by atoms with E-state index in [1.54, 1.807) is 0 Å². The second-order valence-electron chi connectivity index (χ2n) is 4.13. The number of carbonyl (C=O) groups excluding carboxylic acids is 1. The molecule has 1 amide bonds. The maximum absolute atomic E-state index is 12.3. The minimum atomic E-state index is -0.451. The van der Waals surface area contributed by atoms with Crippen LogP contribution >= 0.6 is 11.6 Å². The Labute approximate surface area is 108 Å². The summed E-state index contributed by atoms with van der Waals surface area (Å²) in [6.45, 7) is 6.17. The fourth-order valence-electron chi connectivity index (χ4n) is 2.11. The van der Waals surface area contributed by atoms with Gasteiger partial charge in [-0.3, -0.25) is 4.79 Å². The summed E-state index contributed by atoms with van der Waals surface area (Å²) in [6, 6.07) is 0.242. The second kappa shape index (κ2) is 7.90. The van der Waals surface area contributed by atoms with Crippen LogP contribution in [0.5, 0.6) is 0 Å². The van der Waals surface area contributed by atoms with Crippen molar-refractivity contribution in [3.05, 3.63) is 0 Å². The first-order valence-corrected chi connectivity index (χ1v) is 6.83. The smallest absolute Gasteiger partial charge is 0.254 e. The van der Waals surface area contributed by atoms with E-state index in [2.05, 4.69) is 13.8 Å². The molecule has 0 aromatic carbocycles. The maximum Gasteiger partial charge on any atom is 0.254 e. The molecular formula is C12H22ClNO3. The molecule has 1 rings (SSSR count). The number of alkyl halides is 1. The summed E-state index contributed by atoms with van der Waals surface area (Å²) in [5.41, 5.74) is 0. The van der Waals surface area contributed by atoms with E-state index in [1.807, 2.05) is 4.90 Å². The van der Waals surface area contributed by atoms with Crippen molar-refractivity contribution in [1.29, 1.82) is 0 Å². The largest absolute Gasteiger partial charge is 0.376 e. The van der Waals surface area contributed by atoms with Crippen molar-refractivity contribution in [1.82, 2.24) is 4.90 Å². The van der Waals surface area contributed by atoms with Crippen molar-refractivity contribution in [2.24, 2.45) is 0 Å². The van der Waals surface area contributed by atoms with Gasteiger partial charge >= 0.3 is 0 Å². The van der Waals surface area contributed by atoms with Gasteiger partial charge in [0.2, 0.25) is 0 Å². The highest BCUT2D eigenvalue weighted by Gasteiger charge is 2.30. The molecule has 0 aromatic heterocycles. The maximum atomic E-state index is 12.3. The predicted molar refractivity (Wildman–Crippen MR) is 67.4 cm³/mol. The van der Waals surface area contributed by atoms with E-state index in [0.29, 0.717) is 32.2 Å². The van der Waals surface area contributed by atoms with Crippen LogP contribution in [0.4, 0.5) is 0 Å². The SMILES string of the molecule is CCC(CC)N(CCCl)C(=O)C1COCCO1. The molecule has 0 saturated carbocycles. The highest BCUT2D eigenvalue weighted by molar-refractivity contribution is 6.18. The Balaban J connectivity index is 2.63. The molecule has 17 heavy (non-hydrogen) atoms. The van der Waals surface area contributed by atoms with Crippen LogP contribution in [0.15, 0.2) is 0 Å². The lowest BCUT2D eigenvalue weighted by molar-refractivity contribution is -0.160. The third kappa shape index (κ3) is 4.12. The molecule has 0 bridgehead atoms. The molecule has 1 unspecified atom stereocenters. The molecule has 1 atom stereocenters. The Hall–Kier alpha value is -0.320. The number of rotatable bonds is 6. The number of nitrogens with zero attached hydrogens (tertiary/aromatic N) is 1. The van der Waals surface area contributed by atoms with Crippen molar-refractivity contribution < 1.29 is 14.3 Å². The molecule has 1 aliphatic heterocycles. The van der Waals surface area contributed by atoms with E-state index < -0.39 is 6.10 Å². The first kappa shape index (κ1) is 14.7. The number of hydrogen-bond acceptors (Lipinski definition) is 3. The Morgan fingerprint density at radius 1 is 1.41 bits per heavy atom. The van der Waals surface area contributed by atoms with Crippen LogP contribution in [0.2, 0.25) is 0 Å². The van der Waals surface area contributed by atoms with Gasteiger partial charge in [0.15, 0.2) is 6.10 Å². The average molecular weight is 264 g/mol. The van der Waals surface area contributed by atoms with Crippen LogP contribution in [0.1, 0.15) is 26.7 Å². The summed E-state index contributed by atoms with van der Waals surface area (Å²) in [5.74, 6) is 0.467. The average Bonchev–Trinajstić information content (AvgIpc) is 2.39. The zero-order valence-electron chi connectivity index (χ0n) is 10.7. The van der Waals surface area contributed by atoms with Crippen molar-refractivity contribution >= 4 is 17.5 Å². The molecule has 1 saturated heterocycles. The van der Waals surface area contributed by atoms with Gasteiger partial charge in [0.1, 0.15) is 0 Å². The zero-order chi connectivity index (χ0) is 12.7. The lowest BCUT2D eigenvalue weighted by Crippen LogP contribution is -2.50. The Kier molecular flexibility index (Phi) is 6.85. The first-order valence-electron chi connectivity index (χ1n) is 6.30. The van der Waals surface area contributed by atoms with Gasteiger partial charge in [0, 0.05) is 18.5 Å². The topological polar surface area (TPSA) is 38.8 Å². The number of carbonyl (C=O) groups is 1. The summed E-state index contributed by atoms with van der Waals surface area (Å²) in [5, 5.41) is 0. The molecule has 100 valence electrons. The minimum Gasteiger partial charge on any atom is -0.376 e. The molecule has 1 aliphatic rings. The van der Waals surface area contributed by atoms with Gasteiger partial charge in [-0.25, -0.2) is 0 Å². The highest BCUT2D eigenvalue weighted by atomic mass is 35.5. The van der Waals surface area contributed by atoms with Crippen LogP contribution in [0.25, 0.3) is 0 Å². The molecule has 1 heterocycles. The molecule has 0 radical (unpaired) electrons. The minimum absolute atomic E-state index is 0.0130. The van der Waals surface area contributed by atoms with Gasteiger partial charge in [-0.2, -0.15) is 0 Å². The molecule has 0 spiro atoms. The molecule has 0 N–H and O–H groups in total. The fraction of sp³-hybridized carbons (Fsp3) is 0.917. The van der Waals surface area contributed by atoms with Gasteiger partial charge in [0.25, 0.3) is 5.91 Å². The van der Waals surface area contributed by atoms with E-state index in [1.165, 1.54) is 0 Å². The van der Waals surface area contributed by atoms with Crippen molar-refractivity contribution in [2.45, 2.75) is 38.8 Å². The summed E-state index contributed by atoms with van der Waals surface area (Å²) < 4.78 is 10.7. The van der Waals surface area contributed by atoms with Crippen LogP contribution in [-0.2, 0) is 14.3 Å². The van der Waals surface area contributed by atoms with Crippen LogP contribution in [0.3, 0.4) is 0 Å². The van der Waals surface area contributed by atoms with Gasteiger partial charge < -0.3 is 14.4 Å². The van der Waals surface area contributed by atoms with Crippen molar-refractivity contribution in [2.75, 3.05) is 32.2 Å². The van der Waals surface area contributed by atoms with Gasteiger partial charge in [0.05, 0.1) is 19.8 Å². The summed E-state index contributed by atoms with van der Waals surface area (Å²) in [6.07, 6.45) is 1.42. The van der Waals surface area contributed by atoms with E-state index in [0.717, 1.165) is 12.8 Å². The number of ether oxygens (including phenoxy) is 2. The van der Waals surface area contributed by atoms with Gasteiger partial charge in [-0.05, 0) is 12.8 Å². The van der Waals surface area contributed by atoms with Gasteiger partial charge in [-0.15, -0.1) is 11.6 Å². The van der Waals surface area contributed by atoms with Gasteiger partial charge in [-0.1, -0.05) is 13.8 Å². The lowest BCUT2D eigenvalue weighted by Gasteiger charge is -2.34. The van der Waals surface area contributed by atoms with Crippen LogP contribution in [-0.4, -0.2) is 55.2 Å². The number of hydrogen-bond donors (Lipinski definition) is 0. The first-order chi connectivity index (χ1) is 8.24. The Morgan fingerprint density at radius 2 is 2.12 bits per heavy atom. The van der Waals surface area contributed by atoms with Crippen LogP contribution < -0.4 is 0 Å². The van der Waals surface area contributed by atoms with Crippen molar-refractivity contribution in [3.63, 3.8) is 0 Å². The normalized spacial score (nSPS) is 20.6. The highest BCUT2D eigenvalue weighted by Crippen LogP contribution is 2.13. The Bertz CT molecular complexity index is 228. The quantitative estimate of drug-likeness (QED) is 0.684. The second-order valence-corrected chi connectivity index (χ2v) is 4.50. The van der Waals surface area contributed by atoms with E-state index in [-0.39, 0.29) is 11.9 Å². The van der Waals surface area contributed by atoms with E-state index in [9.17, 15) is 4.79 Å². The van der Waals surface area contributed by atoms with Crippen LogP contribution in [0, 0.1) is 0 Å². The summed E-state index contributed by atoms with van der Waals surface area (Å²) in [4.78, 5) is 14.1. The van der Waals surface area contributed by atoms with E-state index >= 15 is 0 Å². The lowest BCUT2D eigenvalue weighted by atomic mass is 10.1. The number of halogens is 1. The summed E-state index contributed by atoms with van der Waals surface area (Å²) in [7, 11) is 0. The monoisotopic (exact) mass is 263 g/mol. The van der Waals surface area contributed by atoms with Crippen molar-refractivity contribution in [3.8, 4) is 0 Å². The molecule has 1 fully saturated rings. The van der Waals surface area contributed by atoms with E-state index in [4.69, 9.17) is 21.1 Å². The molecule has 5 heteroatoms.